The first kappa shape index (κ1) is 14.0. The molecule has 0 unspecified atom stereocenters. The highest BCUT2D eigenvalue weighted by Crippen LogP contribution is 2.34. The molecule has 1 saturated carbocycles. The molecule has 7 nitrogen and oxygen atoms in total. The predicted octanol–water partition coefficient (Wildman–Crippen LogP) is 0.378. The van der Waals surface area contributed by atoms with Crippen molar-refractivity contribution in [3.05, 3.63) is 16.4 Å². The lowest BCUT2D eigenvalue weighted by atomic mass is 9.98. The van der Waals surface area contributed by atoms with E-state index in [4.69, 9.17) is 0 Å². The lowest BCUT2D eigenvalue weighted by molar-refractivity contribution is -0.134. The molecule has 21 heavy (non-hydrogen) atoms. The first-order valence-corrected chi connectivity index (χ1v) is 7.72. The van der Waals surface area contributed by atoms with Crippen molar-refractivity contribution in [3.63, 3.8) is 0 Å². The summed E-state index contributed by atoms with van der Waals surface area (Å²) in [5, 5.41) is 4.56. The molecule has 2 fully saturated rings. The fraction of sp³-hybridized carbons (Fsp3) is 0.538. The summed E-state index contributed by atoms with van der Waals surface area (Å²) in [5.41, 5.74) is -0.773. The van der Waals surface area contributed by atoms with Crippen LogP contribution in [0.5, 0.6) is 0 Å². The lowest BCUT2D eigenvalue weighted by Gasteiger charge is -2.19. The second-order valence-electron chi connectivity index (χ2n) is 5.41. The van der Waals surface area contributed by atoms with Gasteiger partial charge in [0.1, 0.15) is 12.1 Å². The number of hydrogen-bond acceptors (Lipinski definition) is 4. The summed E-state index contributed by atoms with van der Waals surface area (Å²) in [6.07, 6.45) is 4.93. The third kappa shape index (κ3) is 2.39. The van der Waals surface area contributed by atoms with E-state index in [0.29, 0.717) is 17.6 Å². The maximum absolute atomic E-state index is 12.4. The van der Waals surface area contributed by atoms with Crippen molar-refractivity contribution < 1.29 is 14.4 Å². The Hall–Kier alpha value is -1.96. The predicted molar refractivity (Wildman–Crippen MR) is 75.3 cm³/mol. The summed E-state index contributed by atoms with van der Waals surface area (Å²) in [4.78, 5) is 41.8. The van der Waals surface area contributed by atoms with Crippen LogP contribution < -0.4 is 10.1 Å². The molecule has 8 heteroatoms. The van der Waals surface area contributed by atoms with E-state index in [9.17, 15) is 14.4 Å². The molecule has 1 spiro atoms. The zero-order chi connectivity index (χ0) is 15.0. The molecular formula is C13H16N4O3S. The average molecular weight is 308 g/mol. The van der Waals surface area contributed by atoms with Crippen molar-refractivity contribution in [2.75, 3.05) is 6.54 Å². The molecule has 3 rings (SSSR count). The van der Waals surface area contributed by atoms with E-state index < -0.39 is 17.5 Å². The summed E-state index contributed by atoms with van der Waals surface area (Å²) in [5.74, 6) is -0.782. The monoisotopic (exact) mass is 308 g/mol. The number of thiazole rings is 1. The molecule has 1 aromatic rings. The second kappa shape index (κ2) is 5.10. The number of hydrogen-bond donors (Lipinski definition) is 1. The van der Waals surface area contributed by atoms with E-state index >= 15 is 0 Å². The van der Waals surface area contributed by atoms with Gasteiger partial charge in [0.15, 0.2) is 4.80 Å². The SMILES string of the molecule is Cn1ccsc1=NC(=O)CN1C(=O)NC2(CCCC2)C1=O. The van der Waals surface area contributed by atoms with Crippen LogP contribution in [0.1, 0.15) is 25.7 Å². The minimum atomic E-state index is -0.773. The van der Waals surface area contributed by atoms with Crippen molar-refractivity contribution in [1.29, 1.82) is 0 Å². The fourth-order valence-electron chi connectivity index (χ4n) is 2.85. The number of rotatable bonds is 2. The highest BCUT2D eigenvalue weighted by Gasteiger charge is 2.52. The van der Waals surface area contributed by atoms with Gasteiger partial charge in [-0.15, -0.1) is 11.3 Å². The van der Waals surface area contributed by atoms with Crippen LogP contribution in [-0.2, 0) is 16.6 Å². The molecule has 1 aliphatic carbocycles. The van der Waals surface area contributed by atoms with Crippen LogP contribution in [0.4, 0.5) is 4.79 Å². The maximum atomic E-state index is 12.4. The van der Waals surface area contributed by atoms with E-state index in [0.717, 1.165) is 17.7 Å². The molecular weight excluding hydrogens is 292 g/mol. The number of carbonyl (C=O) groups excluding carboxylic acids is 3. The molecule has 0 aromatic carbocycles. The number of imide groups is 1. The first-order chi connectivity index (χ1) is 10.0. The molecule has 1 N–H and O–H groups in total. The lowest BCUT2D eigenvalue weighted by Crippen LogP contribution is -2.44. The minimum Gasteiger partial charge on any atom is -0.327 e. The van der Waals surface area contributed by atoms with Crippen molar-refractivity contribution in [2.45, 2.75) is 31.2 Å². The number of nitrogens with one attached hydrogen (secondary N) is 1. The van der Waals surface area contributed by atoms with Crippen LogP contribution in [0.3, 0.4) is 0 Å². The van der Waals surface area contributed by atoms with Gasteiger partial charge in [0.25, 0.3) is 11.8 Å². The highest BCUT2D eigenvalue weighted by molar-refractivity contribution is 7.07. The number of aromatic nitrogens is 1. The van der Waals surface area contributed by atoms with Gasteiger partial charge in [0, 0.05) is 18.6 Å². The van der Waals surface area contributed by atoms with Gasteiger partial charge in [-0.2, -0.15) is 4.99 Å². The zero-order valence-electron chi connectivity index (χ0n) is 11.7. The Morgan fingerprint density at radius 3 is 2.76 bits per heavy atom. The van der Waals surface area contributed by atoms with Crippen LogP contribution >= 0.6 is 11.3 Å². The topological polar surface area (TPSA) is 83.8 Å². The van der Waals surface area contributed by atoms with Crippen LogP contribution in [0.25, 0.3) is 0 Å². The van der Waals surface area contributed by atoms with Crippen molar-refractivity contribution >= 4 is 29.2 Å². The van der Waals surface area contributed by atoms with E-state index in [-0.39, 0.29) is 12.5 Å². The van der Waals surface area contributed by atoms with Crippen molar-refractivity contribution in [1.82, 2.24) is 14.8 Å². The van der Waals surface area contributed by atoms with Crippen LogP contribution in [0, 0.1) is 0 Å². The van der Waals surface area contributed by atoms with Crippen LogP contribution in [0.15, 0.2) is 16.6 Å². The van der Waals surface area contributed by atoms with Gasteiger partial charge >= 0.3 is 6.03 Å². The number of aryl methyl sites for hydroxylation is 1. The Bertz CT molecular complexity index is 669. The van der Waals surface area contributed by atoms with E-state index in [1.165, 1.54) is 11.3 Å². The van der Waals surface area contributed by atoms with Crippen molar-refractivity contribution in [3.8, 4) is 0 Å². The Morgan fingerprint density at radius 1 is 1.43 bits per heavy atom. The molecule has 2 aliphatic rings. The largest absolute Gasteiger partial charge is 0.327 e. The summed E-state index contributed by atoms with van der Waals surface area (Å²) < 4.78 is 1.72. The summed E-state index contributed by atoms with van der Waals surface area (Å²) in [6.45, 7) is -0.301. The molecule has 1 aromatic heterocycles. The number of urea groups is 1. The third-order valence-electron chi connectivity index (χ3n) is 3.98. The normalized spacial score (nSPS) is 21.4. The first-order valence-electron chi connectivity index (χ1n) is 6.84. The summed E-state index contributed by atoms with van der Waals surface area (Å²) in [6, 6.07) is -0.485. The molecule has 2 heterocycles. The molecule has 0 bridgehead atoms. The molecule has 0 radical (unpaired) electrons. The molecule has 1 aliphatic heterocycles. The molecule has 4 amide bonds. The molecule has 112 valence electrons. The van der Waals surface area contributed by atoms with Gasteiger partial charge in [-0.05, 0) is 12.8 Å². The fourth-order valence-corrected chi connectivity index (χ4v) is 3.60. The third-order valence-corrected chi connectivity index (χ3v) is 4.82. The molecule has 0 atom stereocenters. The summed E-state index contributed by atoms with van der Waals surface area (Å²) in [7, 11) is 1.78. The smallest absolute Gasteiger partial charge is 0.325 e. The number of amides is 4. The van der Waals surface area contributed by atoms with Gasteiger partial charge in [-0.25, -0.2) is 4.79 Å². The maximum Gasteiger partial charge on any atom is 0.325 e. The van der Waals surface area contributed by atoms with Gasteiger partial charge in [-0.1, -0.05) is 12.8 Å². The number of carbonyl (C=O) groups is 3. The molecule has 1 saturated heterocycles. The van der Waals surface area contributed by atoms with Crippen molar-refractivity contribution in [2.24, 2.45) is 12.0 Å². The quantitative estimate of drug-likeness (QED) is 0.802. The number of nitrogens with zero attached hydrogens (tertiary/aromatic N) is 3. The highest BCUT2D eigenvalue weighted by atomic mass is 32.1. The van der Waals surface area contributed by atoms with Crippen LogP contribution in [0.2, 0.25) is 0 Å². The van der Waals surface area contributed by atoms with Gasteiger partial charge < -0.3 is 9.88 Å². The second-order valence-corrected chi connectivity index (χ2v) is 6.29. The zero-order valence-corrected chi connectivity index (χ0v) is 12.5. The van der Waals surface area contributed by atoms with E-state index in [2.05, 4.69) is 10.3 Å². The Morgan fingerprint density at radius 2 is 2.14 bits per heavy atom. The van der Waals surface area contributed by atoms with Gasteiger partial charge in [0.2, 0.25) is 0 Å². The van der Waals surface area contributed by atoms with E-state index in [1.807, 2.05) is 5.38 Å². The van der Waals surface area contributed by atoms with E-state index in [1.54, 1.807) is 17.8 Å². The van der Waals surface area contributed by atoms with Gasteiger partial charge in [-0.3, -0.25) is 14.5 Å². The Balaban J connectivity index is 1.76. The van der Waals surface area contributed by atoms with Crippen LogP contribution in [-0.4, -0.2) is 39.4 Å². The van der Waals surface area contributed by atoms with Gasteiger partial charge in [0.05, 0.1) is 0 Å². The Labute approximate surface area is 125 Å². The summed E-state index contributed by atoms with van der Waals surface area (Å²) >= 11 is 1.33. The standard InChI is InChI=1S/C13H16N4O3S/c1-16-6-7-21-12(16)14-9(18)8-17-10(19)13(15-11(17)20)4-2-3-5-13/h6-7H,2-5,8H2,1H3,(H,15,20). The average Bonchev–Trinajstić information content (AvgIpc) is 3.10. The Kier molecular flexibility index (Phi) is 3.40. The minimum absolute atomic E-state index is 0.288.